The molecule has 0 aliphatic carbocycles. The van der Waals surface area contributed by atoms with Gasteiger partial charge in [-0.15, -0.1) is 11.3 Å². The van der Waals surface area contributed by atoms with Crippen molar-refractivity contribution >= 4 is 11.3 Å². The summed E-state index contributed by atoms with van der Waals surface area (Å²) in [5.41, 5.74) is 1.11. The summed E-state index contributed by atoms with van der Waals surface area (Å²) < 4.78 is 16.0. The van der Waals surface area contributed by atoms with Gasteiger partial charge >= 0.3 is 0 Å². The van der Waals surface area contributed by atoms with Crippen molar-refractivity contribution in [2.45, 2.75) is 13.0 Å². The predicted octanol–water partition coefficient (Wildman–Crippen LogP) is 3.11. The number of hydrogen-bond acceptors (Lipinski definition) is 5. The molecule has 1 heterocycles. The summed E-state index contributed by atoms with van der Waals surface area (Å²) in [6.07, 6.45) is 1.04. The molecule has 2 aromatic rings. The highest BCUT2D eigenvalue weighted by molar-refractivity contribution is 7.09. The van der Waals surface area contributed by atoms with Crippen LogP contribution in [0.15, 0.2) is 29.6 Å². The van der Waals surface area contributed by atoms with Crippen LogP contribution in [0.4, 0.5) is 0 Å². The highest BCUT2D eigenvalue weighted by Crippen LogP contribution is 2.38. The van der Waals surface area contributed by atoms with Crippen LogP contribution >= 0.6 is 11.3 Å². The van der Waals surface area contributed by atoms with Crippen LogP contribution in [-0.2, 0) is 13.0 Å². The maximum atomic E-state index is 5.35. The lowest BCUT2D eigenvalue weighted by molar-refractivity contribution is 0.323. The predicted molar refractivity (Wildman–Crippen MR) is 85.8 cm³/mol. The van der Waals surface area contributed by atoms with Gasteiger partial charge in [0.05, 0.1) is 21.3 Å². The van der Waals surface area contributed by atoms with Gasteiger partial charge in [-0.3, -0.25) is 0 Å². The Bertz CT molecular complexity index is 530. The quantitative estimate of drug-likeness (QED) is 0.761. The first-order chi connectivity index (χ1) is 10.3. The Labute approximate surface area is 129 Å². The second kappa shape index (κ2) is 7.90. The zero-order chi connectivity index (χ0) is 15.1. The molecule has 1 aromatic heterocycles. The van der Waals surface area contributed by atoms with E-state index in [9.17, 15) is 0 Å². The minimum atomic E-state index is 0.627. The second-order valence-corrected chi connectivity index (χ2v) is 5.57. The Morgan fingerprint density at radius 2 is 1.76 bits per heavy atom. The van der Waals surface area contributed by atoms with E-state index in [-0.39, 0.29) is 0 Å². The fourth-order valence-electron chi connectivity index (χ4n) is 2.14. The summed E-state index contributed by atoms with van der Waals surface area (Å²) in [7, 11) is 4.87. The molecule has 5 heteroatoms. The van der Waals surface area contributed by atoms with Crippen molar-refractivity contribution in [2.24, 2.45) is 0 Å². The first-order valence-corrected chi connectivity index (χ1v) is 7.68. The van der Waals surface area contributed by atoms with Crippen LogP contribution in [0.5, 0.6) is 17.2 Å². The molecular formula is C16H21NO3S. The molecule has 0 unspecified atom stereocenters. The van der Waals surface area contributed by atoms with Crippen molar-refractivity contribution < 1.29 is 14.2 Å². The van der Waals surface area contributed by atoms with E-state index in [0.29, 0.717) is 17.2 Å². The molecule has 0 aliphatic rings. The van der Waals surface area contributed by atoms with E-state index in [1.54, 1.807) is 32.7 Å². The van der Waals surface area contributed by atoms with Crippen molar-refractivity contribution in [1.82, 2.24) is 5.32 Å². The SMILES string of the molecule is COc1cc(CNCCc2cccs2)cc(OC)c1OC. The molecule has 0 fully saturated rings. The molecule has 0 saturated heterocycles. The molecule has 0 aliphatic heterocycles. The van der Waals surface area contributed by atoms with Crippen LogP contribution in [-0.4, -0.2) is 27.9 Å². The van der Waals surface area contributed by atoms with Gasteiger partial charge in [0.2, 0.25) is 5.75 Å². The fourth-order valence-corrected chi connectivity index (χ4v) is 2.85. The summed E-state index contributed by atoms with van der Waals surface area (Å²) in [4.78, 5) is 1.40. The van der Waals surface area contributed by atoms with E-state index >= 15 is 0 Å². The minimum absolute atomic E-state index is 0.627. The summed E-state index contributed by atoms with van der Waals surface area (Å²) in [5, 5.41) is 5.54. The van der Waals surface area contributed by atoms with Crippen molar-refractivity contribution in [3.05, 3.63) is 40.1 Å². The zero-order valence-corrected chi connectivity index (χ0v) is 13.5. The Morgan fingerprint density at radius 3 is 2.29 bits per heavy atom. The molecule has 1 aromatic carbocycles. The van der Waals surface area contributed by atoms with Crippen LogP contribution in [0.1, 0.15) is 10.4 Å². The summed E-state index contributed by atoms with van der Waals surface area (Å²) >= 11 is 1.79. The largest absolute Gasteiger partial charge is 0.493 e. The number of hydrogen-bond donors (Lipinski definition) is 1. The van der Waals surface area contributed by atoms with Crippen LogP contribution < -0.4 is 19.5 Å². The third-order valence-electron chi connectivity index (χ3n) is 3.18. The molecule has 4 nitrogen and oxygen atoms in total. The van der Waals surface area contributed by atoms with Gasteiger partial charge in [0.25, 0.3) is 0 Å². The monoisotopic (exact) mass is 307 g/mol. The lowest BCUT2D eigenvalue weighted by Crippen LogP contribution is -2.16. The topological polar surface area (TPSA) is 39.7 Å². The number of ether oxygens (including phenoxy) is 3. The first kappa shape index (κ1) is 15.7. The van der Waals surface area contributed by atoms with Crippen molar-refractivity contribution in [3.8, 4) is 17.2 Å². The van der Waals surface area contributed by atoms with Crippen LogP contribution in [0.3, 0.4) is 0 Å². The molecule has 0 bridgehead atoms. The molecule has 0 radical (unpaired) electrons. The lowest BCUT2D eigenvalue weighted by atomic mass is 10.1. The number of thiophene rings is 1. The third-order valence-corrected chi connectivity index (χ3v) is 4.12. The molecule has 1 N–H and O–H groups in total. The molecule has 114 valence electrons. The van der Waals surface area contributed by atoms with Gasteiger partial charge in [-0.25, -0.2) is 0 Å². The van der Waals surface area contributed by atoms with Crippen molar-refractivity contribution in [2.75, 3.05) is 27.9 Å². The van der Waals surface area contributed by atoms with Crippen LogP contribution in [0.25, 0.3) is 0 Å². The molecule has 21 heavy (non-hydrogen) atoms. The average Bonchev–Trinajstić information content (AvgIpc) is 3.03. The van der Waals surface area contributed by atoms with E-state index in [1.165, 1.54) is 4.88 Å². The highest BCUT2D eigenvalue weighted by atomic mass is 32.1. The highest BCUT2D eigenvalue weighted by Gasteiger charge is 2.12. The number of rotatable bonds is 8. The van der Waals surface area contributed by atoms with E-state index in [0.717, 1.165) is 25.1 Å². The molecule has 0 amide bonds. The molecule has 0 saturated carbocycles. The zero-order valence-electron chi connectivity index (χ0n) is 12.6. The van der Waals surface area contributed by atoms with Crippen molar-refractivity contribution in [3.63, 3.8) is 0 Å². The van der Waals surface area contributed by atoms with Gasteiger partial charge in [0.15, 0.2) is 11.5 Å². The maximum Gasteiger partial charge on any atom is 0.203 e. The fraction of sp³-hybridized carbons (Fsp3) is 0.375. The smallest absolute Gasteiger partial charge is 0.203 e. The van der Waals surface area contributed by atoms with Gasteiger partial charge < -0.3 is 19.5 Å². The van der Waals surface area contributed by atoms with E-state index in [1.807, 2.05) is 12.1 Å². The lowest BCUT2D eigenvalue weighted by Gasteiger charge is -2.14. The Kier molecular flexibility index (Phi) is 5.90. The van der Waals surface area contributed by atoms with Gasteiger partial charge in [-0.2, -0.15) is 0 Å². The standard InChI is InChI=1S/C16H21NO3S/c1-18-14-9-12(10-15(19-2)16(14)20-3)11-17-7-6-13-5-4-8-21-13/h4-5,8-10,17H,6-7,11H2,1-3H3. The first-order valence-electron chi connectivity index (χ1n) is 6.80. The summed E-state index contributed by atoms with van der Waals surface area (Å²) in [6.45, 7) is 1.71. The Balaban J connectivity index is 1.96. The van der Waals surface area contributed by atoms with Crippen LogP contribution in [0, 0.1) is 0 Å². The molecule has 2 rings (SSSR count). The van der Waals surface area contributed by atoms with Gasteiger partial charge in [0, 0.05) is 18.0 Å². The summed E-state index contributed by atoms with van der Waals surface area (Å²) in [6, 6.07) is 8.18. The van der Waals surface area contributed by atoms with E-state index < -0.39 is 0 Å². The third kappa shape index (κ3) is 4.12. The van der Waals surface area contributed by atoms with Gasteiger partial charge in [-0.05, 0) is 35.6 Å². The Morgan fingerprint density at radius 1 is 1.05 bits per heavy atom. The Hall–Kier alpha value is -1.72. The maximum absolute atomic E-state index is 5.35. The molecular weight excluding hydrogens is 286 g/mol. The normalized spacial score (nSPS) is 10.4. The average molecular weight is 307 g/mol. The van der Waals surface area contributed by atoms with E-state index in [2.05, 4.69) is 22.8 Å². The van der Waals surface area contributed by atoms with Crippen LogP contribution in [0.2, 0.25) is 0 Å². The molecule has 0 atom stereocenters. The number of methoxy groups -OCH3 is 3. The number of nitrogens with one attached hydrogen (secondary N) is 1. The minimum Gasteiger partial charge on any atom is -0.493 e. The van der Waals surface area contributed by atoms with E-state index in [4.69, 9.17) is 14.2 Å². The summed E-state index contributed by atoms with van der Waals surface area (Å²) in [5.74, 6) is 2.00. The number of benzene rings is 1. The van der Waals surface area contributed by atoms with Gasteiger partial charge in [0.1, 0.15) is 0 Å². The van der Waals surface area contributed by atoms with Crippen molar-refractivity contribution in [1.29, 1.82) is 0 Å². The van der Waals surface area contributed by atoms with Gasteiger partial charge in [-0.1, -0.05) is 6.07 Å². The molecule has 0 spiro atoms. The second-order valence-electron chi connectivity index (χ2n) is 4.54.